The monoisotopic (exact) mass is 722 g/mol. The van der Waals surface area contributed by atoms with E-state index in [2.05, 4.69) is 60.4 Å². The van der Waals surface area contributed by atoms with E-state index in [0.717, 1.165) is 58.0 Å². The van der Waals surface area contributed by atoms with Gasteiger partial charge in [-0.25, -0.2) is 0 Å². The van der Waals surface area contributed by atoms with Gasteiger partial charge in [-0.3, -0.25) is 9.59 Å². The molecule has 51 heavy (non-hydrogen) atoms. The van der Waals surface area contributed by atoms with E-state index < -0.39 is 5.41 Å². The molecule has 1 aliphatic rings. The fraction of sp³-hybridized carbons (Fsp3) is 0.957. The number of carbonyl (C=O) groups is 2. The third-order valence-corrected chi connectivity index (χ3v) is 12.2. The lowest BCUT2D eigenvalue weighted by atomic mass is 9.59. The van der Waals surface area contributed by atoms with Crippen LogP contribution in [-0.4, -0.2) is 49.7 Å². The predicted octanol–water partition coefficient (Wildman–Crippen LogP) is 13.9. The Morgan fingerprint density at radius 2 is 1.14 bits per heavy atom. The molecule has 0 aromatic carbocycles. The largest absolute Gasteiger partial charge is 0.466 e. The summed E-state index contributed by atoms with van der Waals surface area (Å²) < 4.78 is 12.1. The molecule has 0 aromatic rings. The van der Waals surface area contributed by atoms with Gasteiger partial charge in [-0.15, -0.1) is 0 Å². The van der Waals surface area contributed by atoms with E-state index in [1.165, 1.54) is 116 Å². The maximum Gasteiger partial charge on any atom is 0.312 e. The summed E-state index contributed by atoms with van der Waals surface area (Å²) in [5.41, 5.74) is -0.648. The number of unbranched alkanes of at least 4 members (excludes halogenated alkanes) is 15. The summed E-state index contributed by atoms with van der Waals surface area (Å²) in [4.78, 5) is 28.8. The fourth-order valence-corrected chi connectivity index (χ4v) is 7.78. The molecule has 5 nitrogen and oxygen atoms in total. The summed E-state index contributed by atoms with van der Waals surface area (Å²) in [6.07, 6.45) is 30.5. The molecule has 5 heteroatoms. The molecule has 1 saturated heterocycles. The van der Waals surface area contributed by atoms with Crippen LogP contribution in [0.3, 0.4) is 0 Å². The van der Waals surface area contributed by atoms with Crippen molar-refractivity contribution in [2.24, 2.45) is 22.7 Å². The average Bonchev–Trinajstić information content (AvgIpc) is 3.11. The Hall–Kier alpha value is -1.10. The Morgan fingerprint density at radius 3 is 1.69 bits per heavy atom. The van der Waals surface area contributed by atoms with Crippen LogP contribution in [0.25, 0.3) is 0 Å². The number of rotatable bonds is 31. The topological polar surface area (TPSA) is 55.8 Å². The molecule has 0 saturated carbocycles. The average molecular weight is 722 g/mol. The van der Waals surface area contributed by atoms with Gasteiger partial charge in [0.05, 0.1) is 12.0 Å². The smallest absolute Gasteiger partial charge is 0.312 e. The molecular formula is C46H91NO4. The van der Waals surface area contributed by atoms with Crippen molar-refractivity contribution in [3.63, 3.8) is 0 Å². The van der Waals surface area contributed by atoms with Gasteiger partial charge in [0.25, 0.3) is 0 Å². The first-order valence-corrected chi connectivity index (χ1v) is 22.5. The number of piperidine rings is 1. The number of likely N-dealkylation sites (tertiary alicyclic amines) is 1. The molecule has 3 unspecified atom stereocenters. The van der Waals surface area contributed by atoms with Crippen LogP contribution in [0, 0.1) is 22.7 Å². The van der Waals surface area contributed by atoms with E-state index in [1.807, 2.05) is 13.8 Å². The van der Waals surface area contributed by atoms with Crippen LogP contribution in [0.2, 0.25) is 0 Å². The van der Waals surface area contributed by atoms with Crippen molar-refractivity contribution in [1.29, 1.82) is 0 Å². The second-order valence-corrected chi connectivity index (χ2v) is 17.1. The molecular weight excluding hydrogens is 631 g/mol. The summed E-state index contributed by atoms with van der Waals surface area (Å²) in [6, 6.07) is 0. The van der Waals surface area contributed by atoms with Crippen LogP contribution >= 0.6 is 0 Å². The molecule has 304 valence electrons. The molecule has 0 amide bonds. The van der Waals surface area contributed by atoms with Gasteiger partial charge in [0.2, 0.25) is 0 Å². The molecule has 0 aromatic heterocycles. The number of carbonyl (C=O) groups excluding carboxylic acids is 2. The SMILES string of the molecule is CC.CCCCCCCCCC(CCCCCCCCOC(=O)CC(CCCC)CCCCCC)OC(=O)C(C)(C)C(C)(C)C1CCCN(C)C1. The first-order valence-electron chi connectivity index (χ1n) is 22.5. The van der Waals surface area contributed by atoms with E-state index in [0.29, 0.717) is 24.9 Å². The molecule has 0 aliphatic carbocycles. The van der Waals surface area contributed by atoms with Crippen molar-refractivity contribution in [2.45, 2.75) is 235 Å². The van der Waals surface area contributed by atoms with Gasteiger partial charge in [-0.2, -0.15) is 0 Å². The Labute approximate surface area is 319 Å². The van der Waals surface area contributed by atoms with Crippen molar-refractivity contribution >= 4 is 11.9 Å². The fourth-order valence-electron chi connectivity index (χ4n) is 7.78. The Bertz CT molecular complexity index is 824. The highest BCUT2D eigenvalue weighted by Gasteiger charge is 2.49. The Kier molecular flexibility index (Phi) is 30.6. The van der Waals surface area contributed by atoms with Crippen molar-refractivity contribution in [3.05, 3.63) is 0 Å². The van der Waals surface area contributed by atoms with Gasteiger partial charge in [0.1, 0.15) is 6.10 Å². The first kappa shape index (κ1) is 49.9. The summed E-state index contributed by atoms with van der Waals surface area (Å²) in [6.45, 7) is 22.4. The summed E-state index contributed by atoms with van der Waals surface area (Å²) >= 11 is 0. The third-order valence-electron chi connectivity index (χ3n) is 12.2. The van der Waals surface area contributed by atoms with Crippen LogP contribution in [-0.2, 0) is 19.1 Å². The van der Waals surface area contributed by atoms with E-state index in [-0.39, 0.29) is 23.5 Å². The van der Waals surface area contributed by atoms with Crippen molar-refractivity contribution in [1.82, 2.24) is 4.90 Å². The zero-order valence-electron chi connectivity index (χ0n) is 36.3. The molecule has 0 bridgehead atoms. The molecule has 0 N–H and O–H groups in total. The van der Waals surface area contributed by atoms with E-state index in [1.54, 1.807) is 0 Å². The normalized spacial score (nSPS) is 16.6. The van der Waals surface area contributed by atoms with Gasteiger partial charge in [-0.05, 0) is 102 Å². The van der Waals surface area contributed by atoms with Crippen LogP contribution in [0.5, 0.6) is 0 Å². The van der Waals surface area contributed by atoms with E-state index in [4.69, 9.17) is 9.47 Å². The number of ether oxygens (including phenoxy) is 2. The highest BCUT2D eigenvalue weighted by molar-refractivity contribution is 5.77. The van der Waals surface area contributed by atoms with Crippen molar-refractivity contribution < 1.29 is 19.1 Å². The number of hydrogen-bond donors (Lipinski definition) is 0. The van der Waals surface area contributed by atoms with Crippen LogP contribution in [0.15, 0.2) is 0 Å². The van der Waals surface area contributed by atoms with Crippen LogP contribution < -0.4 is 0 Å². The lowest BCUT2D eigenvalue weighted by Gasteiger charge is -2.48. The Morgan fingerprint density at radius 1 is 0.667 bits per heavy atom. The van der Waals surface area contributed by atoms with E-state index >= 15 is 0 Å². The quantitative estimate of drug-likeness (QED) is 0.0527. The molecule has 1 heterocycles. The van der Waals surface area contributed by atoms with Gasteiger partial charge in [-0.1, -0.05) is 151 Å². The maximum atomic E-state index is 13.8. The number of hydrogen-bond acceptors (Lipinski definition) is 5. The molecule has 1 aliphatic heterocycles. The highest BCUT2D eigenvalue weighted by atomic mass is 16.5. The Balaban J connectivity index is 0.0000123. The van der Waals surface area contributed by atoms with Gasteiger partial charge >= 0.3 is 11.9 Å². The minimum absolute atomic E-state index is 0.00129. The zero-order valence-corrected chi connectivity index (χ0v) is 36.3. The molecule has 1 rings (SSSR count). The third kappa shape index (κ3) is 22.7. The summed E-state index contributed by atoms with van der Waals surface area (Å²) in [5, 5.41) is 0. The first-order chi connectivity index (χ1) is 24.5. The minimum atomic E-state index is -0.525. The van der Waals surface area contributed by atoms with Gasteiger partial charge in [0.15, 0.2) is 0 Å². The standard InChI is InChI=1S/C44H85NO4.C2H6/c1-9-12-15-17-18-21-25-32-40(49-42(47)44(6,7)43(4,5)39-31-28-34-45(8)37-39)33-26-22-19-20-23-27-35-48-41(46)36-38(29-14-11-3)30-24-16-13-10-2;1-2/h38-40H,9-37H2,1-8H3;1-2H3. The maximum absolute atomic E-state index is 13.8. The van der Waals surface area contributed by atoms with Gasteiger partial charge in [0, 0.05) is 13.0 Å². The lowest BCUT2D eigenvalue weighted by Crippen LogP contribution is -2.50. The second kappa shape index (κ2) is 31.3. The van der Waals surface area contributed by atoms with Gasteiger partial charge < -0.3 is 14.4 Å². The molecule has 0 spiro atoms. The van der Waals surface area contributed by atoms with Crippen molar-refractivity contribution in [2.75, 3.05) is 26.7 Å². The van der Waals surface area contributed by atoms with Crippen LogP contribution in [0.1, 0.15) is 229 Å². The minimum Gasteiger partial charge on any atom is -0.466 e. The number of nitrogens with zero attached hydrogens (tertiary/aromatic N) is 1. The number of esters is 2. The van der Waals surface area contributed by atoms with Crippen LogP contribution in [0.4, 0.5) is 0 Å². The summed E-state index contributed by atoms with van der Waals surface area (Å²) in [7, 11) is 2.21. The zero-order chi connectivity index (χ0) is 38.4. The molecule has 3 atom stereocenters. The highest BCUT2D eigenvalue weighted by Crippen LogP contribution is 2.48. The van der Waals surface area contributed by atoms with Crippen molar-refractivity contribution in [3.8, 4) is 0 Å². The summed E-state index contributed by atoms with van der Waals surface area (Å²) in [5.74, 6) is 1.01. The predicted molar refractivity (Wildman–Crippen MR) is 221 cm³/mol. The molecule has 1 fully saturated rings. The lowest BCUT2D eigenvalue weighted by molar-refractivity contribution is -0.171. The second-order valence-electron chi connectivity index (χ2n) is 17.1. The molecule has 0 radical (unpaired) electrons. The van der Waals surface area contributed by atoms with E-state index in [9.17, 15) is 9.59 Å².